The van der Waals surface area contributed by atoms with E-state index in [1.54, 1.807) is 11.8 Å². The fourth-order valence-corrected chi connectivity index (χ4v) is 2.80. The van der Waals surface area contributed by atoms with Gasteiger partial charge in [-0.3, -0.25) is 19.2 Å². The lowest BCUT2D eigenvalue weighted by atomic mass is 10.2. The SMILES string of the molecule is CSCC[C@@H]1NC(=O)CCNC(=O)[C@H](CS)NC(=O)CCNC1=O. The molecule has 10 heteroatoms. The van der Waals surface area contributed by atoms with Crippen LogP contribution in [0.3, 0.4) is 0 Å². The van der Waals surface area contributed by atoms with Gasteiger partial charge in [-0.1, -0.05) is 0 Å². The molecule has 1 saturated heterocycles. The number of hydrogen-bond donors (Lipinski definition) is 5. The van der Waals surface area contributed by atoms with Crippen molar-refractivity contribution in [3.63, 3.8) is 0 Å². The molecule has 0 radical (unpaired) electrons. The molecule has 24 heavy (non-hydrogen) atoms. The van der Waals surface area contributed by atoms with Crippen LogP contribution in [-0.4, -0.2) is 66.6 Å². The zero-order chi connectivity index (χ0) is 17.9. The first-order valence-corrected chi connectivity index (χ1v) is 9.74. The van der Waals surface area contributed by atoms with E-state index < -0.39 is 12.1 Å². The fraction of sp³-hybridized carbons (Fsp3) is 0.714. The van der Waals surface area contributed by atoms with Crippen LogP contribution < -0.4 is 21.3 Å². The average Bonchev–Trinajstić information content (AvgIpc) is 2.55. The number of rotatable bonds is 4. The quantitative estimate of drug-likeness (QED) is 0.390. The number of hydrogen-bond acceptors (Lipinski definition) is 6. The summed E-state index contributed by atoms with van der Waals surface area (Å²) in [5.74, 6) is -0.471. The monoisotopic (exact) mass is 376 g/mol. The first kappa shape index (κ1) is 20.6. The Kier molecular flexibility index (Phi) is 9.62. The maximum Gasteiger partial charge on any atom is 0.243 e. The van der Waals surface area contributed by atoms with Crippen LogP contribution in [0.5, 0.6) is 0 Å². The van der Waals surface area contributed by atoms with Crippen LogP contribution in [-0.2, 0) is 19.2 Å². The van der Waals surface area contributed by atoms with Crippen LogP contribution in [0.25, 0.3) is 0 Å². The smallest absolute Gasteiger partial charge is 0.243 e. The average molecular weight is 377 g/mol. The summed E-state index contributed by atoms with van der Waals surface area (Å²) < 4.78 is 0. The molecule has 0 aliphatic carbocycles. The molecular formula is C14H24N4O4S2. The molecule has 0 bridgehead atoms. The fourth-order valence-electron chi connectivity index (χ4n) is 2.08. The molecule has 1 rings (SSSR count). The number of thiol groups is 1. The van der Waals surface area contributed by atoms with Gasteiger partial charge in [0.2, 0.25) is 23.6 Å². The normalized spacial score (nSPS) is 24.2. The van der Waals surface area contributed by atoms with Gasteiger partial charge in [-0.2, -0.15) is 24.4 Å². The van der Waals surface area contributed by atoms with E-state index in [2.05, 4.69) is 33.9 Å². The van der Waals surface area contributed by atoms with Crippen molar-refractivity contribution in [2.75, 3.05) is 30.9 Å². The van der Waals surface area contributed by atoms with Gasteiger partial charge in [0.05, 0.1) is 0 Å². The molecule has 1 aliphatic heterocycles. The molecule has 0 spiro atoms. The highest BCUT2D eigenvalue weighted by atomic mass is 32.2. The number of amides is 4. The maximum atomic E-state index is 12.2. The number of nitrogens with one attached hydrogen (secondary N) is 4. The van der Waals surface area contributed by atoms with Crippen molar-refractivity contribution in [3.8, 4) is 0 Å². The molecule has 0 aromatic carbocycles. The van der Waals surface area contributed by atoms with Crippen molar-refractivity contribution in [3.05, 3.63) is 0 Å². The van der Waals surface area contributed by atoms with Crippen molar-refractivity contribution in [1.29, 1.82) is 0 Å². The second-order valence-corrected chi connectivity index (χ2v) is 6.64. The minimum atomic E-state index is -0.767. The largest absolute Gasteiger partial charge is 0.354 e. The standard InChI is InChI=1S/C14H24N4O4S2/c1-24-7-4-9-13(21)15-5-3-12(20)18-10(8-23)14(22)16-6-2-11(19)17-9/h9-10,23H,2-8H2,1H3,(H,15,21)(H,16,22)(H,17,19)(H,18,20)/t9-,10-/m0/s1. The second kappa shape index (κ2) is 11.2. The Labute approximate surface area is 151 Å². The lowest BCUT2D eigenvalue weighted by Gasteiger charge is -2.20. The summed E-state index contributed by atoms with van der Waals surface area (Å²) in [5.41, 5.74) is 0. The van der Waals surface area contributed by atoms with E-state index in [1.165, 1.54) is 0 Å². The summed E-state index contributed by atoms with van der Waals surface area (Å²) in [6.45, 7) is 0.263. The van der Waals surface area contributed by atoms with Crippen molar-refractivity contribution in [2.24, 2.45) is 0 Å². The molecule has 0 aromatic rings. The van der Waals surface area contributed by atoms with E-state index in [1.807, 2.05) is 6.26 Å². The predicted octanol–water partition coefficient (Wildman–Crippen LogP) is -1.33. The Morgan fingerprint density at radius 2 is 1.46 bits per heavy atom. The highest BCUT2D eigenvalue weighted by molar-refractivity contribution is 7.98. The third-order valence-electron chi connectivity index (χ3n) is 3.40. The van der Waals surface area contributed by atoms with Crippen LogP contribution in [0.2, 0.25) is 0 Å². The van der Waals surface area contributed by atoms with Crippen LogP contribution in [0.4, 0.5) is 0 Å². The Hall–Kier alpha value is -1.42. The summed E-state index contributed by atoms with van der Waals surface area (Å²) in [5, 5.41) is 10.5. The molecule has 1 aliphatic rings. The number of carbonyl (C=O) groups excluding carboxylic acids is 4. The summed E-state index contributed by atoms with van der Waals surface area (Å²) in [7, 11) is 0. The summed E-state index contributed by atoms with van der Waals surface area (Å²) >= 11 is 5.62. The molecule has 2 atom stereocenters. The third kappa shape index (κ3) is 7.43. The van der Waals surface area contributed by atoms with E-state index in [-0.39, 0.29) is 55.3 Å². The molecule has 4 N–H and O–H groups in total. The zero-order valence-corrected chi connectivity index (χ0v) is 15.3. The minimum Gasteiger partial charge on any atom is -0.354 e. The maximum absolute atomic E-state index is 12.2. The topological polar surface area (TPSA) is 116 Å². The second-order valence-electron chi connectivity index (χ2n) is 5.29. The summed E-state index contributed by atoms with van der Waals surface area (Å²) in [6, 6.07) is -1.41. The Morgan fingerprint density at radius 3 is 1.96 bits per heavy atom. The summed E-state index contributed by atoms with van der Waals surface area (Å²) in [6.07, 6.45) is 2.52. The molecule has 0 unspecified atom stereocenters. The predicted molar refractivity (Wildman–Crippen MR) is 96.0 cm³/mol. The lowest BCUT2D eigenvalue weighted by Crippen LogP contribution is -2.51. The van der Waals surface area contributed by atoms with Crippen LogP contribution >= 0.6 is 24.4 Å². The molecule has 1 fully saturated rings. The first-order chi connectivity index (χ1) is 11.5. The van der Waals surface area contributed by atoms with Crippen LogP contribution in [0, 0.1) is 0 Å². The Morgan fingerprint density at radius 1 is 0.958 bits per heavy atom. The molecule has 136 valence electrons. The molecule has 4 amide bonds. The zero-order valence-electron chi connectivity index (χ0n) is 13.6. The van der Waals surface area contributed by atoms with Gasteiger partial charge in [0, 0.05) is 31.7 Å². The minimum absolute atomic E-state index is 0.0481. The van der Waals surface area contributed by atoms with Gasteiger partial charge in [0.15, 0.2) is 0 Å². The third-order valence-corrected chi connectivity index (χ3v) is 4.41. The van der Waals surface area contributed by atoms with E-state index in [9.17, 15) is 19.2 Å². The molecule has 0 saturated carbocycles. The first-order valence-electron chi connectivity index (χ1n) is 7.72. The molecule has 0 aromatic heterocycles. The molecule has 1 heterocycles. The van der Waals surface area contributed by atoms with Gasteiger partial charge in [-0.25, -0.2) is 0 Å². The highest BCUT2D eigenvalue weighted by Gasteiger charge is 2.23. The van der Waals surface area contributed by atoms with Crippen LogP contribution in [0.15, 0.2) is 0 Å². The van der Waals surface area contributed by atoms with Gasteiger partial charge in [-0.15, -0.1) is 0 Å². The van der Waals surface area contributed by atoms with E-state index in [0.717, 1.165) is 5.75 Å². The summed E-state index contributed by atoms with van der Waals surface area (Å²) in [4.78, 5) is 47.9. The van der Waals surface area contributed by atoms with Crippen molar-refractivity contribution in [1.82, 2.24) is 21.3 Å². The van der Waals surface area contributed by atoms with Crippen molar-refractivity contribution in [2.45, 2.75) is 31.3 Å². The van der Waals surface area contributed by atoms with Gasteiger partial charge in [0.25, 0.3) is 0 Å². The van der Waals surface area contributed by atoms with Crippen molar-refractivity contribution < 1.29 is 19.2 Å². The van der Waals surface area contributed by atoms with Gasteiger partial charge < -0.3 is 21.3 Å². The van der Waals surface area contributed by atoms with E-state index in [4.69, 9.17) is 0 Å². The number of thioether (sulfide) groups is 1. The van der Waals surface area contributed by atoms with Gasteiger partial charge in [0.1, 0.15) is 12.1 Å². The highest BCUT2D eigenvalue weighted by Crippen LogP contribution is 2.02. The molecule has 8 nitrogen and oxygen atoms in total. The van der Waals surface area contributed by atoms with Gasteiger partial charge >= 0.3 is 0 Å². The van der Waals surface area contributed by atoms with Gasteiger partial charge in [-0.05, 0) is 18.4 Å². The molecular weight excluding hydrogens is 352 g/mol. The van der Waals surface area contributed by atoms with E-state index >= 15 is 0 Å². The van der Waals surface area contributed by atoms with Crippen molar-refractivity contribution >= 4 is 48.0 Å². The van der Waals surface area contributed by atoms with Crippen LogP contribution in [0.1, 0.15) is 19.3 Å². The number of carbonyl (C=O) groups is 4. The Bertz CT molecular complexity index is 476. The lowest BCUT2D eigenvalue weighted by molar-refractivity contribution is -0.131. The Balaban J connectivity index is 2.74. The van der Waals surface area contributed by atoms with E-state index in [0.29, 0.717) is 6.42 Å².